The third kappa shape index (κ3) is 8.27. The second-order valence-corrected chi connectivity index (χ2v) is 8.51. The fourth-order valence-corrected chi connectivity index (χ4v) is 4.53. The van der Waals surface area contributed by atoms with Gasteiger partial charge >= 0.3 is 6.18 Å². The Morgan fingerprint density at radius 1 is 1.41 bits per heavy atom. The predicted molar refractivity (Wildman–Crippen MR) is 119 cm³/mol. The van der Waals surface area contributed by atoms with Gasteiger partial charge in [-0.05, 0) is 31.4 Å². The molecule has 1 aliphatic carbocycles. The molecule has 1 aliphatic rings. The molecule has 0 spiro atoms. The SMILES string of the molecule is CCS(=O)C1CCCC(NC(=NC)NCCOc2ncccc2C(F)(F)F)C1.I. The highest BCUT2D eigenvalue weighted by molar-refractivity contribution is 14.0. The highest BCUT2D eigenvalue weighted by Gasteiger charge is 2.35. The molecule has 0 aliphatic heterocycles. The molecule has 11 heteroatoms. The summed E-state index contributed by atoms with van der Waals surface area (Å²) in [5.74, 6) is 0.778. The summed E-state index contributed by atoms with van der Waals surface area (Å²) in [6.07, 6.45) is 0.527. The van der Waals surface area contributed by atoms with Crippen LogP contribution in [0.4, 0.5) is 13.2 Å². The third-order valence-corrected chi connectivity index (χ3v) is 6.30. The summed E-state index contributed by atoms with van der Waals surface area (Å²) in [5, 5.41) is 6.53. The van der Waals surface area contributed by atoms with Crippen LogP contribution in [0.5, 0.6) is 5.88 Å². The van der Waals surface area contributed by atoms with E-state index in [1.54, 1.807) is 7.05 Å². The number of guanidine groups is 1. The van der Waals surface area contributed by atoms with Gasteiger partial charge in [0.15, 0.2) is 5.96 Å². The van der Waals surface area contributed by atoms with E-state index in [1.165, 1.54) is 12.3 Å². The van der Waals surface area contributed by atoms with Crippen LogP contribution in [0.25, 0.3) is 0 Å². The molecule has 1 aromatic heterocycles. The molecule has 1 saturated carbocycles. The lowest BCUT2D eigenvalue weighted by Gasteiger charge is -2.30. The summed E-state index contributed by atoms with van der Waals surface area (Å²) in [4.78, 5) is 7.80. The smallest absolute Gasteiger partial charge is 0.421 e. The number of pyridine rings is 1. The fraction of sp³-hybridized carbons (Fsp3) is 0.667. The molecule has 0 bridgehead atoms. The van der Waals surface area contributed by atoms with Crippen LogP contribution >= 0.6 is 24.0 Å². The maximum absolute atomic E-state index is 12.9. The van der Waals surface area contributed by atoms with E-state index in [0.29, 0.717) is 11.7 Å². The van der Waals surface area contributed by atoms with Crippen molar-refractivity contribution >= 4 is 40.7 Å². The van der Waals surface area contributed by atoms with Crippen LogP contribution in [0.1, 0.15) is 38.2 Å². The van der Waals surface area contributed by atoms with Crippen molar-refractivity contribution in [3.63, 3.8) is 0 Å². The average Bonchev–Trinajstić information content (AvgIpc) is 2.69. The molecule has 3 atom stereocenters. The Morgan fingerprint density at radius 3 is 2.83 bits per heavy atom. The lowest BCUT2D eigenvalue weighted by molar-refractivity contribution is -0.139. The Balaban J connectivity index is 0.00000420. The topological polar surface area (TPSA) is 75.6 Å². The largest absolute Gasteiger partial charge is 0.475 e. The van der Waals surface area contributed by atoms with Crippen molar-refractivity contribution in [3.05, 3.63) is 23.9 Å². The molecule has 1 heterocycles. The van der Waals surface area contributed by atoms with Crippen LogP contribution in [0, 0.1) is 0 Å². The van der Waals surface area contributed by atoms with Crippen molar-refractivity contribution in [2.45, 2.75) is 50.1 Å². The number of hydrogen-bond acceptors (Lipinski definition) is 4. The first-order valence-electron chi connectivity index (χ1n) is 9.34. The lowest BCUT2D eigenvalue weighted by atomic mass is 9.95. The maximum Gasteiger partial charge on any atom is 0.421 e. The van der Waals surface area contributed by atoms with Crippen LogP contribution in [-0.4, -0.2) is 52.4 Å². The highest BCUT2D eigenvalue weighted by Crippen LogP contribution is 2.34. The zero-order valence-corrected chi connectivity index (χ0v) is 19.6. The summed E-state index contributed by atoms with van der Waals surface area (Å²) in [5.41, 5.74) is -0.894. The highest BCUT2D eigenvalue weighted by atomic mass is 127. The number of hydrogen-bond donors (Lipinski definition) is 2. The van der Waals surface area contributed by atoms with Gasteiger partial charge in [0.2, 0.25) is 5.88 Å². The molecule has 166 valence electrons. The summed E-state index contributed by atoms with van der Waals surface area (Å²) in [6, 6.07) is 2.34. The van der Waals surface area contributed by atoms with Crippen molar-refractivity contribution < 1.29 is 22.1 Å². The van der Waals surface area contributed by atoms with E-state index in [4.69, 9.17) is 4.74 Å². The molecular weight excluding hydrogens is 520 g/mol. The Labute approximate surface area is 189 Å². The van der Waals surface area contributed by atoms with Crippen molar-refractivity contribution in [1.82, 2.24) is 15.6 Å². The first kappa shape index (κ1) is 25.9. The lowest BCUT2D eigenvalue weighted by Crippen LogP contribution is -2.47. The summed E-state index contributed by atoms with van der Waals surface area (Å²) < 4.78 is 56.0. The number of halogens is 4. The maximum atomic E-state index is 12.9. The first-order chi connectivity index (χ1) is 13.3. The number of rotatable bonds is 7. The number of ether oxygens (including phenoxy) is 1. The number of nitrogens with one attached hydrogen (secondary N) is 2. The number of alkyl halides is 3. The van der Waals surface area contributed by atoms with Crippen LogP contribution in [0.15, 0.2) is 23.3 Å². The number of aliphatic imine (C=N–C) groups is 1. The van der Waals surface area contributed by atoms with Gasteiger partial charge in [0.05, 0.1) is 6.54 Å². The van der Waals surface area contributed by atoms with Gasteiger partial charge in [0, 0.05) is 41.1 Å². The quantitative estimate of drug-likeness (QED) is 0.237. The van der Waals surface area contributed by atoms with Gasteiger partial charge in [-0.15, -0.1) is 24.0 Å². The van der Waals surface area contributed by atoms with E-state index in [9.17, 15) is 17.4 Å². The minimum absolute atomic E-state index is 0. The van der Waals surface area contributed by atoms with E-state index in [2.05, 4.69) is 20.6 Å². The minimum Gasteiger partial charge on any atom is -0.475 e. The molecule has 6 nitrogen and oxygen atoms in total. The van der Waals surface area contributed by atoms with Crippen molar-refractivity contribution in [1.29, 1.82) is 0 Å². The van der Waals surface area contributed by atoms with E-state index >= 15 is 0 Å². The van der Waals surface area contributed by atoms with Gasteiger partial charge in [0.25, 0.3) is 0 Å². The molecule has 29 heavy (non-hydrogen) atoms. The van der Waals surface area contributed by atoms with Crippen LogP contribution in [0.3, 0.4) is 0 Å². The Bertz CT molecular complexity index is 691. The van der Waals surface area contributed by atoms with Gasteiger partial charge in [-0.3, -0.25) is 9.20 Å². The first-order valence-corrected chi connectivity index (χ1v) is 10.7. The van der Waals surface area contributed by atoms with E-state index in [0.717, 1.165) is 31.7 Å². The predicted octanol–water partition coefficient (Wildman–Crippen LogP) is 3.34. The number of nitrogens with zero attached hydrogens (tertiary/aromatic N) is 2. The molecule has 0 saturated heterocycles. The Morgan fingerprint density at radius 2 is 2.17 bits per heavy atom. The molecule has 2 N–H and O–H groups in total. The van der Waals surface area contributed by atoms with Gasteiger partial charge in [-0.25, -0.2) is 4.98 Å². The monoisotopic (exact) mass is 548 g/mol. The Kier molecular flexibility index (Phi) is 11.2. The minimum atomic E-state index is -4.51. The number of aromatic nitrogens is 1. The summed E-state index contributed by atoms with van der Waals surface area (Å²) in [6.45, 7) is 2.21. The van der Waals surface area contributed by atoms with Gasteiger partial charge in [-0.2, -0.15) is 13.2 Å². The second kappa shape index (κ2) is 12.6. The third-order valence-electron chi connectivity index (χ3n) is 4.56. The van der Waals surface area contributed by atoms with Crippen molar-refractivity contribution in [3.8, 4) is 5.88 Å². The molecule has 0 amide bonds. The van der Waals surface area contributed by atoms with E-state index in [1.807, 2.05) is 6.92 Å². The van der Waals surface area contributed by atoms with Crippen LogP contribution < -0.4 is 15.4 Å². The zero-order valence-electron chi connectivity index (χ0n) is 16.5. The average molecular weight is 548 g/mol. The summed E-state index contributed by atoms with van der Waals surface area (Å²) in [7, 11) is 0.818. The van der Waals surface area contributed by atoms with Crippen LogP contribution in [-0.2, 0) is 17.0 Å². The molecule has 2 rings (SSSR count). The van der Waals surface area contributed by atoms with E-state index < -0.39 is 28.4 Å². The molecule has 1 fully saturated rings. The van der Waals surface area contributed by atoms with Gasteiger partial charge in [-0.1, -0.05) is 13.3 Å². The molecule has 1 aromatic rings. The molecular formula is C18H28F3IN4O2S. The normalized spacial score (nSPS) is 21.1. The van der Waals surface area contributed by atoms with Crippen LogP contribution in [0.2, 0.25) is 0 Å². The fourth-order valence-electron chi connectivity index (χ4n) is 3.18. The molecule has 0 aromatic carbocycles. The zero-order chi connectivity index (χ0) is 20.6. The standard InChI is InChI=1S/C18H27F3N4O2S.HI/c1-3-28(26)14-7-4-6-13(12-14)25-17(22-2)24-10-11-27-16-15(18(19,20)21)8-5-9-23-16;/h5,8-9,13-14H,3-4,6-7,10-12H2,1-2H3,(H2,22,24,25);1H. The molecule has 0 radical (unpaired) electrons. The van der Waals surface area contributed by atoms with Crippen molar-refractivity contribution in [2.24, 2.45) is 4.99 Å². The van der Waals surface area contributed by atoms with Gasteiger partial charge < -0.3 is 15.4 Å². The van der Waals surface area contributed by atoms with E-state index in [-0.39, 0.29) is 48.4 Å². The summed E-state index contributed by atoms with van der Waals surface area (Å²) >= 11 is 0. The Hall–Kier alpha value is -1.11. The second-order valence-electron chi connectivity index (χ2n) is 6.50. The molecule has 3 unspecified atom stereocenters. The van der Waals surface area contributed by atoms with Crippen molar-refractivity contribution in [2.75, 3.05) is 26.0 Å². The van der Waals surface area contributed by atoms with Gasteiger partial charge in [0.1, 0.15) is 12.2 Å².